The molecule has 0 amide bonds. The molecule has 0 aliphatic rings. The van der Waals surface area contributed by atoms with Crippen LogP contribution in [-0.2, 0) is 0 Å². The van der Waals surface area contributed by atoms with Gasteiger partial charge in [0.15, 0.2) is 0 Å². The van der Waals surface area contributed by atoms with Crippen LogP contribution in [0.2, 0.25) is 0 Å². The fourth-order valence-corrected chi connectivity index (χ4v) is 1.37. The third-order valence-electron chi connectivity index (χ3n) is 2.24. The highest BCUT2D eigenvalue weighted by Gasteiger charge is 1.97. The number of hydrogen-bond acceptors (Lipinski definition) is 2. The second kappa shape index (κ2) is 6.14. The number of hydrogen-bond donors (Lipinski definition) is 1. The molecule has 80 valence electrons. The lowest BCUT2D eigenvalue weighted by Gasteiger charge is -2.03. The van der Waals surface area contributed by atoms with Crippen molar-refractivity contribution in [1.29, 1.82) is 0 Å². The summed E-state index contributed by atoms with van der Waals surface area (Å²) in [6, 6.07) is 10.2. The lowest BCUT2D eigenvalue weighted by Crippen LogP contribution is -2.01. The first-order chi connectivity index (χ1) is 7.27. The van der Waals surface area contributed by atoms with Crippen molar-refractivity contribution in [2.24, 2.45) is 10.7 Å². The maximum atomic E-state index is 5.51. The number of rotatable bonds is 4. The van der Waals surface area contributed by atoms with E-state index in [1.165, 1.54) is 0 Å². The van der Waals surface area contributed by atoms with Gasteiger partial charge < -0.3 is 5.73 Å². The molecule has 2 nitrogen and oxygen atoms in total. The topological polar surface area (TPSA) is 38.4 Å². The molecule has 0 spiro atoms. The number of benzene rings is 1. The highest BCUT2D eigenvalue weighted by atomic mass is 14.8. The number of aliphatic imine (C=N–C) groups is 1. The third-order valence-corrected chi connectivity index (χ3v) is 2.24. The van der Waals surface area contributed by atoms with Crippen LogP contribution in [0.4, 0.5) is 0 Å². The maximum Gasteiger partial charge on any atom is 0.0448 e. The van der Waals surface area contributed by atoms with Gasteiger partial charge in [0.05, 0.1) is 0 Å². The molecular formula is C13H18N2. The van der Waals surface area contributed by atoms with Crippen molar-refractivity contribution < 1.29 is 0 Å². The van der Waals surface area contributed by atoms with E-state index >= 15 is 0 Å². The molecule has 0 radical (unpaired) electrons. The molecular weight excluding hydrogens is 184 g/mol. The molecule has 0 aromatic heterocycles. The Kier molecular flexibility index (Phi) is 4.78. The van der Waals surface area contributed by atoms with Gasteiger partial charge in [-0.05, 0) is 26.0 Å². The molecule has 1 aromatic rings. The Morgan fingerprint density at radius 3 is 2.53 bits per heavy atom. The van der Waals surface area contributed by atoms with Gasteiger partial charge >= 0.3 is 0 Å². The summed E-state index contributed by atoms with van der Waals surface area (Å²) >= 11 is 0. The molecule has 0 atom stereocenters. The standard InChI is InChI=1S/C13H18N2/c1-3-13(9-10-14)15-11(2)12-7-5-4-6-8-12/h3-8H,9-10,14H2,1-2H3/b13-3-,15-11?. The van der Waals surface area contributed by atoms with Gasteiger partial charge in [0.2, 0.25) is 0 Å². The third kappa shape index (κ3) is 3.68. The average molecular weight is 202 g/mol. The molecule has 0 heterocycles. The van der Waals surface area contributed by atoms with Crippen LogP contribution >= 0.6 is 0 Å². The smallest absolute Gasteiger partial charge is 0.0448 e. The molecule has 0 aliphatic heterocycles. The molecule has 0 unspecified atom stereocenters. The molecule has 0 aliphatic carbocycles. The molecule has 0 fully saturated rings. The molecule has 2 heteroatoms. The summed E-state index contributed by atoms with van der Waals surface area (Å²) < 4.78 is 0. The van der Waals surface area contributed by atoms with Crippen LogP contribution in [-0.4, -0.2) is 12.3 Å². The molecule has 15 heavy (non-hydrogen) atoms. The first-order valence-electron chi connectivity index (χ1n) is 5.24. The predicted molar refractivity (Wildman–Crippen MR) is 66.1 cm³/mol. The highest BCUT2D eigenvalue weighted by molar-refractivity contribution is 5.99. The Balaban J connectivity index is 2.84. The van der Waals surface area contributed by atoms with E-state index in [4.69, 9.17) is 5.73 Å². The molecule has 1 aromatic carbocycles. The second-order valence-corrected chi connectivity index (χ2v) is 3.38. The number of nitrogens with two attached hydrogens (primary N) is 1. The van der Waals surface area contributed by atoms with Crippen molar-refractivity contribution in [2.75, 3.05) is 6.54 Å². The van der Waals surface area contributed by atoms with Crippen molar-refractivity contribution in [3.05, 3.63) is 47.7 Å². The van der Waals surface area contributed by atoms with Crippen LogP contribution in [0.3, 0.4) is 0 Å². The normalized spacial score (nSPS) is 13.0. The van der Waals surface area contributed by atoms with Crippen LogP contribution in [0.5, 0.6) is 0 Å². The van der Waals surface area contributed by atoms with Gasteiger partial charge in [0, 0.05) is 17.8 Å². The largest absolute Gasteiger partial charge is 0.330 e. The zero-order valence-corrected chi connectivity index (χ0v) is 9.40. The zero-order valence-electron chi connectivity index (χ0n) is 9.40. The fourth-order valence-electron chi connectivity index (χ4n) is 1.37. The molecule has 1 rings (SSSR count). The van der Waals surface area contributed by atoms with E-state index in [1.54, 1.807) is 0 Å². The average Bonchev–Trinajstić information content (AvgIpc) is 2.29. The first kappa shape index (κ1) is 11.7. The van der Waals surface area contributed by atoms with Crippen molar-refractivity contribution in [1.82, 2.24) is 0 Å². The molecule has 0 saturated carbocycles. The van der Waals surface area contributed by atoms with Crippen molar-refractivity contribution in [3.63, 3.8) is 0 Å². The minimum absolute atomic E-state index is 0.644. The van der Waals surface area contributed by atoms with Gasteiger partial charge in [-0.1, -0.05) is 36.4 Å². The van der Waals surface area contributed by atoms with Gasteiger partial charge in [-0.3, -0.25) is 4.99 Å². The summed E-state index contributed by atoms with van der Waals surface area (Å²) in [5.74, 6) is 0. The van der Waals surface area contributed by atoms with E-state index in [0.717, 1.165) is 23.4 Å². The second-order valence-electron chi connectivity index (χ2n) is 3.38. The molecule has 2 N–H and O–H groups in total. The summed E-state index contributed by atoms with van der Waals surface area (Å²) in [7, 11) is 0. The molecule has 0 bridgehead atoms. The van der Waals surface area contributed by atoms with Gasteiger partial charge in [0.1, 0.15) is 0 Å². The van der Waals surface area contributed by atoms with E-state index in [-0.39, 0.29) is 0 Å². The predicted octanol–water partition coefficient (Wildman–Crippen LogP) is 2.75. The summed E-state index contributed by atoms with van der Waals surface area (Å²) in [4.78, 5) is 4.55. The van der Waals surface area contributed by atoms with E-state index < -0.39 is 0 Å². The minimum Gasteiger partial charge on any atom is -0.330 e. The van der Waals surface area contributed by atoms with E-state index in [0.29, 0.717) is 6.54 Å². The Morgan fingerprint density at radius 1 is 1.33 bits per heavy atom. The highest BCUT2D eigenvalue weighted by Crippen LogP contribution is 2.07. The Hall–Kier alpha value is -1.41. The van der Waals surface area contributed by atoms with Gasteiger partial charge in [-0.25, -0.2) is 0 Å². The Bertz CT molecular complexity index is 350. The van der Waals surface area contributed by atoms with Crippen LogP contribution in [0.1, 0.15) is 25.8 Å². The van der Waals surface area contributed by atoms with Crippen molar-refractivity contribution in [2.45, 2.75) is 20.3 Å². The minimum atomic E-state index is 0.644. The monoisotopic (exact) mass is 202 g/mol. The first-order valence-corrected chi connectivity index (χ1v) is 5.24. The molecule has 0 saturated heterocycles. The number of allylic oxidation sites excluding steroid dienone is 1. The Morgan fingerprint density at radius 2 is 2.00 bits per heavy atom. The van der Waals surface area contributed by atoms with Crippen LogP contribution in [0.25, 0.3) is 0 Å². The maximum absolute atomic E-state index is 5.51. The van der Waals surface area contributed by atoms with Crippen molar-refractivity contribution in [3.8, 4) is 0 Å². The fraction of sp³-hybridized carbons (Fsp3) is 0.308. The zero-order chi connectivity index (χ0) is 11.1. The van der Waals surface area contributed by atoms with Crippen molar-refractivity contribution >= 4 is 5.71 Å². The van der Waals surface area contributed by atoms with E-state index in [9.17, 15) is 0 Å². The van der Waals surface area contributed by atoms with Gasteiger partial charge in [-0.2, -0.15) is 0 Å². The van der Waals surface area contributed by atoms with Gasteiger partial charge in [0.25, 0.3) is 0 Å². The Labute approximate surface area is 91.5 Å². The summed E-state index contributed by atoms with van der Waals surface area (Å²) in [6.07, 6.45) is 2.85. The summed E-state index contributed by atoms with van der Waals surface area (Å²) in [5, 5.41) is 0. The van der Waals surface area contributed by atoms with Crippen LogP contribution < -0.4 is 5.73 Å². The lowest BCUT2D eigenvalue weighted by atomic mass is 10.1. The number of nitrogens with zero attached hydrogens (tertiary/aromatic N) is 1. The van der Waals surface area contributed by atoms with Gasteiger partial charge in [-0.15, -0.1) is 0 Å². The summed E-state index contributed by atoms with van der Waals surface area (Å²) in [5.41, 5.74) is 8.76. The summed E-state index contributed by atoms with van der Waals surface area (Å²) in [6.45, 7) is 4.66. The van der Waals surface area contributed by atoms with Crippen LogP contribution in [0, 0.1) is 0 Å². The SMILES string of the molecule is C/C=C(/CCN)N=C(C)c1ccccc1. The van der Waals surface area contributed by atoms with Crippen LogP contribution in [0.15, 0.2) is 47.1 Å². The van der Waals surface area contributed by atoms with E-state index in [2.05, 4.69) is 17.1 Å². The lowest BCUT2D eigenvalue weighted by molar-refractivity contribution is 0.932. The van der Waals surface area contributed by atoms with E-state index in [1.807, 2.05) is 38.1 Å². The quantitative estimate of drug-likeness (QED) is 0.749.